The van der Waals surface area contributed by atoms with Gasteiger partial charge in [-0.25, -0.2) is 0 Å². The molecule has 1 atom stereocenters. The average molecular weight is 241 g/mol. The van der Waals surface area contributed by atoms with Crippen molar-refractivity contribution in [1.82, 2.24) is 5.32 Å². The Balaban J connectivity index is 2.27. The minimum absolute atomic E-state index is 0.424. The molecule has 1 fully saturated rings. The van der Waals surface area contributed by atoms with Gasteiger partial charge in [0.1, 0.15) is 0 Å². The Bertz CT molecular complexity index is 197. The number of nitrogens with one attached hydrogen (secondary N) is 1. The molecule has 1 aliphatic carbocycles. The summed E-state index contributed by atoms with van der Waals surface area (Å²) in [5.41, 5.74) is -0.424. The molecule has 2 N–H and O–H groups in total. The molecule has 102 valence electrons. The van der Waals surface area contributed by atoms with E-state index in [0.29, 0.717) is 6.04 Å². The van der Waals surface area contributed by atoms with E-state index >= 15 is 0 Å². The van der Waals surface area contributed by atoms with Crippen LogP contribution in [0.3, 0.4) is 0 Å². The Kier molecular flexibility index (Phi) is 6.50. The van der Waals surface area contributed by atoms with E-state index in [4.69, 9.17) is 0 Å². The van der Waals surface area contributed by atoms with E-state index in [1.165, 1.54) is 38.5 Å². The highest BCUT2D eigenvalue weighted by Gasteiger charge is 2.31. The van der Waals surface area contributed by atoms with Crippen molar-refractivity contribution in [3.05, 3.63) is 0 Å². The van der Waals surface area contributed by atoms with Gasteiger partial charge in [0.05, 0.1) is 5.60 Å². The van der Waals surface area contributed by atoms with Gasteiger partial charge < -0.3 is 10.4 Å². The summed E-state index contributed by atoms with van der Waals surface area (Å²) in [4.78, 5) is 0. The summed E-state index contributed by atoms with van der Waals surface area (Å²) < 4.78 is 0. The van der Waals surface area contributed by atoms with Crippen LogP contribution in [0.1, 0.15) is 72.1 Å². The van der Waals surface area contributed by atoms with Crippen LogP contribution >= 0.6 is 0 Å². The molecule has 1 rings (SSSR count). The van der Waals surface area contributed by atoms with Crippen LogP contribution in [0.2, 0.25) is 0 Å². The van der Waals surface area contributed by atoms with Crippen molar-refractivity contribution in [2.45, 2.75) is 83.8 Å². The van der Waals surface area contributed by atoms with Gasteiger partial charge in [0.15, 0.2) is 0 Å². The zero-order chi connectivity index (χ0) is 12.7. The van der Waals surface area contributed by atoms with Crippen LogP contribution in [0.25, 0.3) is 0 Å². The van der Waals surface area contributed by atoms with Crippen LogP contribution in [-0.4, -0.2) is 23.3 Å². The first-order valence-corrected chi connectivity index (χ1v) is 7.55. The zero-order valence-corrected chi connectivity index (χ0v) is 12.0. The lowest BCUT2D eigenvalue weighted by atomic mass is 9.79. The lowest BCUT2D eigenvalue weighted by Crippen LogP contribution is -2.46. The van der Waals surface area contributed by atoms with Crippen LogP contribution in [0.15, 0.2) is 0 Å². The molecule has 0 aromatic rings. The number of hydrogen-bond donors (Lipinski definition) is 2. The molecule has 0 saturated heterocycles. The normalized spacial score (nSPS) is 31.4. The van der Waals surface area contributed by atoms with Gasteiger partial charge in [-0.2, -0.15) is 0 Å². The van der Waals surface area contributed by atoms with E-state index in [1.54, 1.807) is 0 Å². The van der Waals surface area contributed by atoms with Crippen LogP contribution in [0, 0.1) is 5.92 Å². The topological polar surface area (TPSA) is 32.3 Å². The van der Waals surface area contributed by atoms with Crippen LogP contribution in [0.5, 0.6) is 0 Å². The van der Waals surface area contributed by atoms with Crippen molar-refractivity contribution in [2.75, 3.05) is 6.54 Å². The second-order valence-electron chi connectivity index (χ2n) is 6.04. The standard InChI is InChI=1S/C15H31NO/c1-4-6-7-14(5-2)16-12-15(17)10-8-13(3)9-11-15/h13-14,16-17H,4-12H2,1-3H3. The summed E-state index contributed by atoms with van der Waals surface area (Å²) in [5, 5.41) is 14.1. The minimum atomic E-state index is -0.424. The third-order valence-electron chi connectivity index (χ3n) is 4.32. The minimum Gasteiger partial charge on any atom is -0.389 e. The molecule has 1 saturated carbocycles. The molecule has 1 unspecified atom stereocenters. The van der Waals surface area contributed by atoms with Gasteiger partial charge in [-0.05, 0) is 44.4 Å². The first kappa shape index (κ1) is 15.0. The monoisotopic (exact) mass is 241 g/mol. The molecular weight excluding hydrogens is 210 g/mol. The van der Waals surface area contributed by atoms with Crippen molar-refractivity contribution < 1.29 is 5.11 Å². The van der Waals surface area contributed by atoms with Crippen molar-refractivity contribution in [1.29, 1.82) is 0 Å². The molecule has 0 heterocycles. The van der Waals surface area contributed by atoms with Gasteiger partial charge in [-0.3, -0.25) is 0 Å². The molecule has 2 nitrogen and oxygen atoms in total. The van der Waals surface area contributed by atoms with E-state index in [9.17, 15) is 5.11 Å². The third kappa shape index (κ3) is 5.39. The Morgan fingerprint density at radius 2 is 1.94 bits per heavy atom. The van der Waals surface area contributed by atoms with Gasteiger partial charge in [0.2, 0.25) is 0 Å². The maximum absolute atomic E-state index is 10.5. The average Bonchev–Trinajstić information content (AvgIpc) is 2.34. The fourth-order valence-electron chi connectivity index (χ4n) is 2.71. The second kappa shape index (κ2) is 7.38. The first-order valence-electron chi connectivity index (χ1n) is 7.55. The van der Waals surface area contributed by atoms with E-state index in [1.807, 2.05) is 0 Å². The SMILES string of the molecule is CCCCC(CC)NCC1(O)CCC(C)CC1. The van der Waals surface area contributed by atoms with E-state index in [-0.39, 0.29) is 0 Å². The molecule has 0 aromatic heterocycles. The Morgan fingerprint density at radius 1 is 1.29 bits per heavy atom. The van der Waals surface area contributed by atoms with Crippen molar-refractivity contribution in [3.63, 3.8) is 0 Å². The number of rotatable bonds is 7. The quantitative estimate of drug-likeness (QED) is 0.715. The smallest absolute Gasteiger partial charge is 0.0771 e. The Hall–Kier alpha value is -0.0800. The fraction of sp³-hybridized carbons (Fsp3) is 1.00. The molecule has 0 aliphatic heterocycles. The summed E-state index contributed by atoms with van der Waals surface area (Å²) in [7, 11) is 0. The predicted octanol–water partition coefficient (Wildman–Crippen LogP) is 3.49. The van der Waals surface area contributed by atoms with Gasteiger partial charge in [0.25, 0.3) is 0 Å². The Morgan fingerprint density at radius 3 is 2.47 bits per heavy atom. The number of unbranched alkanes of at least 4 members (excludes halogenated alkanes) is 1. The lowest BCUT2D eigenvalue weighted by molar-refractivity contribution is -0.00847. The second-order valence-corrected chi connectivity index (χ2v) is 6.04. The highest BCUT2D eigenvalue weighted by molar-refractivity contribution is 4.87. The van der Waals surface area contributed by atoms with Crippen molar-refractivity contribution in [3.8, 4) is 0 Å². The van der Waals surface area contributed by atoms with Gasteiger partial charge in [-0.15, -0.1) is 0 Å². The maximum atomic E-state index is 10.5. The summed E-state index contributed by atoms with van der Waals surface area (Å²) in [6.07, 6.45) is 9.30. The van der Waals surface area contributed by atoms with Gasteiger partial charge in [-0.1, -0.05) is 33.6 Å². The first-order chi connectivity index (χ1) is 8.09. The summed E-state index contributed by atoms with van der Waals surface area (Å²) in [6, 6.07) is 0.596. The molecule has 1 aliphatic rings. The highest BCUT2D eigenvalue weighted by atomic mass is 16.3. The molecule has 0 aromatic carbocycles. The maximum Gasteiger partial charge on any atom is 0.0771 e. The van der Waals surface area contributed by atoms with E-state index < -0.39 is 5.60 Å². The molecule has 0 spiro atoms. The summed E-state index contributed by atoms with van der Waals surface area (Å²) >= 11 is 0. The number of hydrogen-bond acceptors (Lipinski definition) is 2. The lowest BCUT2D eigenvalue weighted by Gasteiger charge is -2.36. The van der Waals surface area contributed by atoms with Crippen molar-refractivity contribution >= 4 is 0 Å². The van der Waals surface area contributed by atoms with E-state index in [0.717, 1.165) is 25.3 Å². The molecule has 2 heteroatoms. The zero-order valence-electron chi connectivity index (χ0n) is 12.0. The Labute approximate surface area is 107 Å². The van der Waals surface area contributed by atoms with Crippen LogP contribution in [-0.2, 0) is 0 Å². The van der Waals surface area contributed by atoms with Gasteiger partial charge in [0, 0.05) is 12.6 Å². The molecular formula is C15H31NO. The van der Waals surface area contributed by atoms with E-state index in [2.05, 4.69) is 26.1 Å². The predicted molar refractivity (Wildman–Crippen MR) is 74.2 cm³/mol. The van der Waals surface area contributed by atoms with Gasteiger partial charge >= 0.3 is 0 Å². The molecule has 0 bridgehead atoms. The van der Waals surface area contributed by atoms with Crippen molar-refractivity contribution in [2.24, 2.45) is 5.92 Å². The van der Waals surface area contributed by atoms with Crippen LogP contribution < -0.4 is 5.32 Å². The number of aliphatic hydroxyl groups is 1. The molecule has 0 amide bonds. The summed E-state index contributed by atoms with van der Waals surface area (Å²) in [6.45, 7) is 7.56. The highest BCUT2D eigenvalue weighted by Crippen LogP contribution is 2.31. The largest absolute Gasteiger partial charge is 0.389 e. The summed E-state index contributed by atoms with van der Waals surface area (Å²) in [5.74, 6) is 0.803. The fourth-order valence-corrected chi connectivity index (χ4v) is 2.71. The third-order valence-corrected chi connectivity index (χ3v) is 4.32. The molecule has 17 heavy (non-hydrogen) atoms. The van der Waals surface area contributed by atoms with Crippen LogP contribution in [0.4, 0.5) is 0 Å². The molecule has 0 radical (unpaired) electrons.